The third-order valence-electron chi connectivity index (χ3n) is 3.49. The fourth-order valence-corrected chi connectivity index (χ4v) is 2.51. The predicted molar refractivity (Wildman–Crippen MR) is 78.0 cm³/mol. The Morgan fingerprint density at radius 2 is 2.05 bits per heavy atom. The van der Waals surface area contributed by atoms with Crippen LogP contribution in [0.15, 0.2) is 18.2 Å². The summed E-state index contributed by atoms with van der Waals surface area (Å²) in [6.07, 6.45) is 3.36. The number of likely N-dealkylation sites (tertiary alicyclic amines) is 1. The van der Waals surface area contributed by atoms with Gasteiger partial charge in [0, 0.05) is 11.6 Å². The van der Waals surface area contributed by atoms with Crippen molar-refractivity contribution in [2.24, 2.45) is 0 Å². The molecule has 106 valence electrons. The van der Waals surface area contributed by atoms with Gasteiger partial charge in [-0.15, -0.1) is 0 Å². The van der Waals surface area contributed by atoms with Gasteiger partial charge in [0.05, 0.1) is 0 Å². The first kappa shape index (κ1) is 14.6. The Hall–Kier alpha value is -0.770. The third-order valence-corrected chi connectivity index (χ3v) is 3.91. The Morgan fingerprint density at radius 1 is 1.32 bits per heavy atom. The number of piperidine rings is 1. The van der Waals surface area contributed by atoms with Crippen LogP contribution in [0.5, 0.6) is 5.75 Å². The molecule has 1 fully saturated rings. The lowest BCUT2D eigenvalue weighted by Crippen LogP contribution is -2.38. The molecular formula is C15H22ClNO2. The molecule has 4 heteroatoms. The van der Waals surface area contributed by atoms with Crippen LogP contribution in [-0.2, 0) is 0 Å². The number of hydrogen-bond acceptors (Lipinski definition) is 3. The maximum atomic E-state index is 9.99. The van der Waals surface area contributed by atoms with Crippen LogP contribution in [0.25, 0.3) is 0 Å². The summed E-state index contributed by atoms with van der Waals surface area (Å²) < 4.78 is 5.61. The number of halogens is 1. The molecule has 1 saturated heterocycles. The van der Waals surface area contributed by atoms with E-state index >= 15 is 0 Å². The maximum absolute atomic E-state index is 9.99. The normalized spacial score (nSPS) is 18.3. The van der Waals surface area contributed by atoms with Crippen molar-refractivity contribution in [3.8, 4) is 5.75 Å². The summed E-state index contributed by atoms with van der Waals surface area (Å²) >= 11 is 5.96. The van der Waals surface area contributed by atoms with Gasteiger partial charge in [-0.3, -0.25) is 0 Å². The number of benzene rings is 1. The zero-order valence-corrected chi connectivity index (χ0v) is 12.2. The van der Waals surface area contributed by atoms with Crippen LogP contribution in [-0.4, -0.2) is 42.4 Å². The van der Waals surface area contributed by atoms with E-state index < -0.39 is 6.10 Å². The lowest BCUT2D eigenvalue weighted by molar-refractivity contribution is 0.0617. The molecule has 0 aromatic heterocycles. The van der Waals surface area contributed by atoms with E-state index in [2.05, 4.69) is 4.90 Å². The monoisotopic (exact) mass is 283 g/mol. The van der Waals surface area contributed by atoms with Crippen molar-refractivity contribution in [3.63, 3.8) is 0 Å². The molecule has 1 atom stereocenters. The van der Waals surface area contributed by atoms with Crippen LogP contribution in [0.1, 0.15) is 24.8 Å². The van der Waals surface area contributed by atoms with Crippen LogP contribution in [0, 0.1) is 6.92 Å². The highest BCUT2D eigenvalue weighted by atomic mass is 35.5. The minimum Gasteiger partial charge on any atom is -0.491 e. The van der Waals surface area contributed by atoms with Crippen LogP contribution in [0.3, 0.4) is 0 Å². The van der Waals surface area contributed by atoms with Crippen LogP contribution in [0.4, 0.5) is 0 Å². The molecule has 0 aliphatic carbocycles. The molecule has 1 N–H and O–H groups in total. The highest BCUT2D eigenvalue weighted by Crippen LogP contribution is 2.21. The molecule has 0 spiro atoms. The summed E-state index contributed by atoms with van der Waals surface area (Å²) in [6.45, 7) is 5.16. The summed E-state index contributed by atoms with van der Waals surface area (Å²) in [5.74, 6) is 0.764. The number of aliphatic hydroxyl groups is 1. The molecule has 0 amide bonds. The number of rotatable bonds is 5. The molecule has 19 heavy (non-hydrogen) atoms. The quantitative estimate of drug-likeness (QED) is 0.902. The van der Waals surface area contributed by atoms with Gasteiger partial charge in [0.1, 0.15) is 18.5 Å². The van der Waals surface area contributed by atoms with Gasteiger partial charge in [0.15, 0.2) is 0 Å². The lowest BCUT2D eigenvalue weighted by Gasteiger charge is -2.28. The first-order valence-corrected chi connectivity index (χ1v) is 7.32. The minimum atomic E-state index is -0.436. The topological polar surface area (TPSA) is 32.7 Å². The van der Waals surface area contributed by atoms with Crippen molar-refractivity contribution in [2.45, 2.75) is 32.3 Å². The lowest BCUT2D eigenvalue weighted by atomic mass is 10.1. The van der Waals surface area contributed by atoms with Crippen LogP contribution >= 0.6 is 11.6 Å². The molecule has 1 unspecified atom stereocenters. The van der Waals surface area contributed by atoms with E-state index in [9.17, 15) is 5.11 Å². The molecule has 2 rings (SSSR count). The van der Waals surface area contributed by atoms with Crippen molar-refractivity contribution >= 4 is 11.6 Å². The minimum absolute atomic E-state index is 0.331. The molecule has 1 aliphatic rings. The average Bonchev–Trinajstić information content (AvgIpc) is 2.41. The smallest absolute Gasteiger partial charge is 0.119 e. The fourth-order valence-electron chi connectivity index (χ4n) is 2.39. The molecule has 0 bridgehead atoms. The number of ether oxygens (including phenoxy) is 1. The zero-order valence-electron chi connectivity index (χ0n) is 11.4. The first-order valence-electron chi connectivity index (χ1n) is 6.94. The van der Waals surface area contributed by atoms with Gasteiger partial charge in [-0.2, -0.15) is 0 Å². The second-order valence-electron chi connectivity index (χ2n) is 5.24. The Kier molecular flexibility index (Phi) is 5.49. The Balaban J connectivity index is 1.75. The average molecular weight is 284 g/mol. The van der Waals surface area contributed by atoms with E-state index in [1.807, 2.05) is 25.1 Å². The van der Waals surface area contributed by atoms with Gasteiger partial charge >= 0.3 is 0 Å². The second-order valence-corrected chi connectivity index (χ2v) is 5.64. The number of hydrogen-bond donors (Lipinski definition) is 1. The van der Waals surface area contributed by atoms with E-state index in [0.29, 0.717) is 13.2 Å². The second kappa shape index (κ2) is 7.13. The highest BCUT2D eigenvalue weighted by Gasteiger charge is 2.15. The fraction of sp³-hybridized carbons (Fsp3) is 0.600. The van der Waals surface area contributed by atoms with Gasteiger partial charge in [-0.25, -0.2) is 0 Å². The van der Waals surface area contributed by atoms with E-state index in [4.69, 9.17) is 16.3 Å². The molecule has 1 aliphatic heterocycles. The maximum Gasteiger partial charge on any atom is 0.119 e. The third kappa shape index (κ3) is 4.68. The van der Waals surface area contributed by atoms with Crippen LogP contribution in [0.2, 0.25) is 5.02 Å². The van der Waals surface area contributed by atoms with E-state index in [-0.39, 0.29) is 0 Å². The largest absolute Gasteiger partial charge is 0.491 e. The molecule has 1 aromatic rings. The van der Waals surface area contributed by atoms with Gasteiger partial charge in [-0.1, -0.05) is 18.0 Å². The zero-order chi connectivity index (χ0) is 13.7. The number of aryl methyl sites for hydroxylation is 1. The SMILES string of the molecule is Cc1cc(OCC(O)CN2CCCCC2)ccc1Cl. The van der Waals surface area contributed by atoms with Gasteiger partial charge in [0.2, 0.25) is 0 Å². The Labute approximate surface area is 120 Å². The molecule has 0 radical (unpaired) electrons. The van der Waals surface area contributed by atoms with Gasteiger partial charge < -0.3 is 14.7 Å². The van der Waals surface area contributed by atoms with Gasteiger partial charge in [0.25, 0.3) is 0 Å². The summed E-state index contributed by atoms with van der Waals surface area (Å²) in [6, 6.07) is 5.56. The summed E-state index contributed by atoms with van der Waals surface area (Å²) in [5.41, 5.74) is 0.990. The molecule has 0 saturated carbocycles. The predicted octanol–water partition coefficient (Wildman–Crippen LogP) is 2.87. The number of nitrogens with zero attached hydrogens (tertiary/aromatic N) is 1. The first-order chi connectivity index (χ1) is 9.15. The van der Waals surface area contributed by atoms with Gasteiger partial charge in [-0.05, 0) is 56.6 Å². The van der Waals surface area contributed by atoms with Crippen LogP contribution < -0.4 is 4.74 Å². The Morgan fingerprint density at radius 3 is 2.74 bits per heavy atom. The molecule has 1 aromatic carbocycles. The summed E-state index contributed by atoms with van der Waals surface area (Å²) in [5, 5.41) is 10.7. The molecule has 3 nitrogen and oxygen atoms in total. The molecular weight excluding hydrogens is 262 g/mol. The number of β-amino-alcohol motifs (C(OH)–C–C–N with tert-alkyl or cyclic N) is 1. The highest BCUT2D eigenvalue weighted by molar-refractivity contribution is 6.31. The summed E-state index contributed by atoms with van der Waals surface area (Å²) in [4.78, 5) is 2.31. The van der Waals surface area contributed by atoms with Crippen molar-refractivity contribution in [2.75, 3.05) is 26.2 Å². The van der Waals surface area contributed by atoms with E-state index in [1.165, 1.54) is 19.3 Å². The van der Waals surface area contributed by atoms with E-state index in [0.717, 1.165) is 29.4 Å². The molecule has 1 heterocycles. The van der Waals surface area contributed by atoms with E-state index in [1.54, 1.807) is 0 Å². The number of aliphatic hydroxyl groups excluding tert-OH is 1. The van der Waals surface area contributed by atoms with Crippen molar-refractivity contribution in [3.05, 3.63) is 28.8 Å². The Bertz CT molecular complexity index is 405. The van der Waals surface area contributed by atoms with Crippen molar-refractivity contribution in [1.29, 1.82) is 0 Å². The van der Waals surface area contributed by atoms with Crippen molar-refractivity contribution in [1.82, 2.24) is 4.90 Å². The van der Waals surface area contributed by atoms with Crippen molar-refractivity contribution < 1.29 is 9.84 Å². The summed E-state index contributed by atoms with van der Waals surface area (Å²) in [7, 11) is 0. The standard InChI is InChI=1S/C15H22ClNO2/c1-12-9-14(5-6-15(12)16)19-11-13(18)10-17-7-3-2-4-8-17/h5-6,9,13,18H,2-4,7-8,10-11H2,1H3.